The summed E-state index contributed by atoms with van der Waals surface area (Å²) in [4.78, 5) is 10.6. The molecule has 55 heavy (non-hydrogen) atoms. The minimum Gasteiger partial charge on any atom is -0.508 e. The summed E-state index contributed by atoms with van der Waals surface area (Å²) in [5, 5.41) is 36.5. The van der Waals surface area contributed by atoms with Crippen molar-refractivity contribution in [3.05, 3.63) is 90.3 Å². The minimum atomic E-state index is -4.11. The molecule has 6 rings (SSSR count). The first-order chi connectivity index (χ1) is 25.9. The average molecular weight is 815 g/mol. The van der Waals surface area contributed by atoms with Crippen LogP contribution in [-0.2, 0) is 13.2 Å². The van der Waals surface area contributed by atoms with Crippen LogP contribution in [0.3, 0.4) is 0 Å². The Morgan fingerprint density at radius 2 is 1.15 bits per heavy atom. The Morgan fingerprint density at radius 1 is 0.709 bits per heavy atom. The predicted octanol–water partition coefficient (Wildman–Crippen LogP) is 11.1. The van der Waals surface area contributed by atoms with Crippen molar-refractivity contribution < 1.29 is 50.1 Å². The van der Waals surface area contributed by atoms with Gasteiger partial charge in [0.25, 0.3) is 0 Å². The number of nitriles is 2. The zero-order valence-corrected chi connectivity index (χ0v) is 31.4. The number of hydrogen-bond acceptors (Lipinski definition) is 9. The van der Waals surface area contributed by atoms with Gasteiger partial charge in [0.1, 0.15) is 41.9 Å². The van der Waals surface area contributed by atoms with Gasteiger partial charge in [0, 0.05) is 24.0 Å². The van der Waals surface area contributed by atoms with Crippen molar-refractivity contribution in [1.82, 2.24) is 9.97 Å². The van der Waals surface area contributed by atoms with Crippen molar-refractivity contribution >= 4 is 22.7 Å². The van der Waals surface area contributed by atoms with Gasteiger partial charge in [0.15, 0.2) is 0 Å². The highest BCUT2D eigenvalue weighted by Crippen LogP contribution is 2.45. The molecule has 0 radical (unpaired) electrons. The summed E-state index contributed by atoms with van der Waals surface area (Å²) in [6.45, 7) is 3.82. The Labute approximate surface area is 320 Å². The van der Waals surface area contributed by atoms with Crippen LogP contribution in [0, 0.1) is 60.0 Å². The highest BCUT2D eigenvalue weighted by molar-refractivity contribution is 7.12. The number of phenols is 1. The van der Waals surface area contributed by atoms with E-state index in [0.717, 1.165) is 43.3 Å². The Morgan fingerprint density at radius 3 is 1.55 bits per heavy atom. The van der Waals surface area contributed by atoms with Gasteiger partial charge in [-0.05, 0) is 89.5 Å². The van der Waals surface area contributed by atoms with Gasteiger partial charge in [-0.1, -0.05) is 0 Å². The van der Waals surface area contributed by atoms with E-state index in [-0.39, 0.29) is 67.6 Å². The molecular formula is C38H38F8N4O3S2. The molecule has 2 saturated carbocycles. The fourth-order valence-corrected chi connectivity index (χ4v) is 8.53. The molecule has 0 bridgehead atoms. The van der Waals surface area contributed by atoms with Gasteiger partial charge in [-0.25, -0.2) is 18.7 Å². The van der Waals surface area contributed by atoms with Crippen LogP contribution >= 0.6 is 22.7 Å². The molecule has 2 aliphatic rings. The summed E-state index contributed by atoms with van der Waals surface area (Å²) < 4.78 is 108. The summed E-state index contributed by atoms with van der Waals surface area (Å²) in [5.74, 6) is -3.36. The van der Waals surface area contributed by atoms with Gasteiger partial charge >= 0.3 is 12.4 Å². The molecule has 0 amide bonds. The molecule has 2 aromatic carbocycles. The number of rotatable bonds is 6. The lowest BCUT2D eigenvalue weighted by molar-refractivity contribution is -0.183. The van der Waals surface area contributed by atoms with Crippen LogP contribution in [0.2, 0.25) is 0 Å². The number of ether oxygens (including phenoxy) is 1. The Bertz CT molecular complexity index is 1970. The number of benzene rings is 2. The molecule has 7 nitrogen and oxygen atoms in total. The maximum atomic E-state index is 13.6. The Balaban J connectivity index is 0.000000205. The molecule has 2 aliphatic carbocycles. The molecule has 0 atom stereocenters. The number of thiazole rings is 2. The van der Waals surface area contributed by atoms with Gasteiger partial charge in [0.05, 0.1) is 60.7 Å². The smallest absolute Gasteiger partial charge is 0.391 e. The van der Waals surface area contributed by atoms with E-state index >= 15 is 0 Å². The normalized spacial score (nSPS) is 19.9. The van der Waals surface area contributed by atoms with Crippen LogP contribution in [-0.4, -0.2) is 32.5 Å². The van der Waals surface area contributed by atoms with Crippen LogP contribution in [0.1, 0.15) is 105 Å². The molecule has 17 heteroatoms. The second kappa shape index (κ2) is 19.0. The number of halogens is 8. The van der Waals surface area contributed by atoms with Gasteiger partial charge in [-0.2, -0.15) is 36.9 Å². The van der Waals surface area contributed by atoms with Crippen molar-refractivity contribution in [3.63, 3.8) is 0 Å². The average Bonchev–Trinajstić information content (AvgIpc) is 3.72. The number of aromatic nitrogens is 2. The molecule has 0 spiro atoms. The molecule has 0 saturated heterocycles. The first-order valence-corrected chi connectivity index (χ1v) is 18.9. The van der Waals surface area contributed by atoms with Crippen LogP contribution in [0.25, 0.3) is 0 Å². The number of aliphatic hydroxyl groups excluding tert-OH is 1. The van der Waals surface area contributed by atoms with E-state index in [1.54, 1.807) is 12.1 Å². The zero-order valence-electron chi connectivity index (χ0n) is 29.8. The third kappa shape index (κ3) is 12.1. The number of hydrogen-bond donors (Lipinski definition) is 2. The molecule has 2 fully saturated rings. The SMILES string of the molecule is Cc1nc(C2CCC(C(F)(F)F)CC2)sc1CO.Cc1nc(C2CCC(C(F)(F)F)CC2)sc1COc1ccc(C#N)c(F)c1.N#Cc1ccc(O)cc1F. The van der Waals surface area contributed by atoms with Gasteiger partial charge in [0.2, 0.25) is 0 Å². The topological polar surface area (TPSA) is 123 Å². The minimum absolute atomic E-state index is 0.0403. The van der Waals surface area contributed by atoms with E-state index in [9.17, 15) is 35.1 Å². The lowest BCUT2D eigenvalue weighted by Crippen LogP contribution is -2.27. The molecule has 2 N–H and O–H groups in total. The van der Waals surface area contributed by atoms with Crippen molar-refractivity contribution in [2.75, 3.05) is 0 Å². The quantitative estimate of drug-likeness (QED) is 0.186. The fourth-order valence-electron chi connectivity index (χ4n) is 6.29. The lowest BCUT2D eigenvalue weighted by Gasteiger charge is -2.28. The molecule has 4 aromatic rings. The predicted molar refractivity (Wildman–Crippen MR) is 189 cm³/mol. The number of alkyl halides is 6. The van der Waals surface area contributed by atoms with E-state index in [1.807, 2.05) is 13.8 Å². The molecule has 296 valence electrons. The van der Waals surface area contributed by atoms with Crippen molar-refractivity contribution in [2.24, 2.45) is 11.8 Å². The van der Waals surface area contributed by atoms with Crippen molar-refractivity contribution in [2.45, 2.75) is 103 Å². The Hall–Kier alpha value is -4.32. The number of phenolic OH excluding ortho intramolecular Hbond substituents is 1. The fraction of sp³-hybridized carbons (Fsp3) is 0.474. The third-order valence-electron chi connectivity index (χ3n) is 9.54. The first-order valence-electron chi connectivity index (χ1n) is 17.3. The van der Waals surface area contributed by atoms with E-state index in [4.69, 9.17) is 25.5 Å². The van der Waals surface area contributed by atoms with Crippen LogP contribution in [0.4, 0.5) is 35.1 Å². The van der Waals surface area contributed by atoms with E-state index in [0.29, 0.717) is 31.4 Å². The van der Waals surface area contributed by atoms with E-state index < -0.39 is 35.8 Å². The second-order valence-corrected chi connectivity index (χ2v) is 15.5. The third-order valence-corrected chi connectivity index (χ3v) is 12.1. The van der Waals surface area contributed by atoms with Crippen LogP contribution < -0.4 is 4.74 Å². The van der Waals surface area contributed by atoms with E-state index in [1.165, 1.54) is 46.9 Å². The molecule has 2 heterocycles. The Kier molecular flexibility index (Phi) is 15.0. The van der Waals surface area contributed by atoms with E-state index in [2.05, 4.69) is 9.97 Å². The molecule has 0 unspecified atom stereocenters. The largest absolute Gasteiger partial charge is 0.508 e. The maximum absolute atomic E-state index is 13.6. The summed E-state index contributed by atoms with van der Waals surface area (Å²) in [7, 11) is 0. The van der Waals surface area contributed by atoms with Gasteiger partial charge in [-0.3, -0.25) is 0 Å². The number of nitrogens with zero attached hydrogens (tertiary/aromatic N) is 4. The summed E-state index contributed by atoms with van der Waals surface area (Å²) >= 11 is 2.87. The highest BCUT2D eigenvalue weighted by atomic mass is 32.1. The molecule has 0 aliphatic heterocycles. The monoisotopic (exact) mass is 814 g/mol. The van der Waals surface area contributed by atoms with Gasteiger partial charge in [-0.15, -0.1) is 22.7 Å². The van der Waals surface area contributed by atoms with Gasteiger partial charge < -0.3 is 14.9 Å². The maximum Gasteiger partial charge on any atom is 0.391 e. The highest BCUT2D eigenvalue weighted by Gasteiger charge is 2.43. The number of aromatic hydroxyl groups is 1. The number of aryl methyl sites for hydroxylation is 2. The standard InChI is InChI=1S/C19H18F4N2OS.C12H16F3NOS.C7H4FNO/c1-11-17(10-26-15-7-4-13(9-24)16(20)8-15)27-18(25-11)12-2-5-14(6-3-12)19(21,22)23;1-7-10(6-17)18-11(16-7)8-2-4-9(5-3-8)12(13,14)15;8-7-3-6(10)2-1-5(7)4-9/h4,7-8,12,14H,2-3,5-6,10H2,1H3;8-9,17H,2-6H2,1H3;1-3,10H. The number of aliphatic hydroxyl groups is 1. The second-order valence-electron chi connectivity index (χ2n) is 13.3. The molecular weight excluding hydrogens is 777 g/mol. The summed E-state index contributed by atoms with van der Waals surface area (Å²) in [5.41, 5.74) is 1.48. The summed E-state index contributed by atoms with van der Waals surface area (Å²) in [6.07, 6.45) is -5.44. The van der Waals surface area contributed by atoms with Crippen LogP contribution in [0.15, 0.2) is 36.4 Å². The molecule has 2 aromatic heterocycles. The van der Waals surface area contributed by atoms with Crippen molar-refractivity contribution in [1.29, 1.82) is 10.5 Å². The summed E-state index contributed by atoms with van der Waals surface area (Å²) in [6, 6.07) is 10.8. The van der Waals surface area contributed by atoms with Crippen LogP contribution in [0.5, 0.6) is 11.5 Å². The van der Waals surface area contributed by atoms with Crippen molar-refractivity contribution in [3.8, 4) is 23.6 Å². The first kappa shape index (κ1) is 43.4. The zero-order chi connectivity index (χ0) is 40.5. The lowest BCUT2D eigenvalue weighted by atomic mass is 9.82.